The number of alkyl halides is 3. The summed E-state index contributed by atoms with van der Waals surface area (Å²) in [5, 5.41) is 9.87. The zero-order valence-corrected chi connectivity index (χ0v) is 18.6. The number of aromatic nitrogens is 5. The first-order valence-corrected chi connectivity index (χ1v) is 10.5. The predicted molar refractivity (Wildman–Crippen MR) is 111 cm³/mol. The lowest BCUT2D eigenvalue weighted by Gasteiger charge is -2.13. The molecule has 1 atom stereocenters. The van der Waals surface area contributed by atoms with Crippen molar-refractivity contribution in [3.63, 3.8) is 0 Å². The minimum atomic E-state index is -4.78. The number of hydrogen-bond acceptors (Lipinski definition) is 7. The van der Waals surface area contributed by atoms with E-state index in [1.807, 2.05) is 6.07 Å². The van der Waals surface area contributed by atoms with Gasteiger partial charge in [-0.05, 0) is 31.9 Å². The van der Waals surface area contributed by atoms with Crippen molar-refractivity contribution in [2.75, 3.05) is 14.1 Å². The van der Waals surface area contributed by atoms with Gasteiger partial charge in [0.15, 0.2) is 5.69 Å². The SMILES string of the molecule is C[C@H](NC(=O)c1cc(C(F)(F)F)nn1CC(=O)N(C)C)c1nc(-c2ccnc(C3CC3)c2)no1. The monoisotopic (exact) mass is 477 g/mol. The van der Waals surface area contributed by atoms with Gasteiger partial charge in [0.05, 0.1) is 0 Å². The standard InChI is InChI=1S/C21H22F3N7O3/c1-11(20-27-18(29-34-20)13-6-7-25-14(8-13)12-4-5-12)26-19(33)15-9-16(21(22,23)24)28-31(15)10-17(32)30(2)3/h6-9,11-12H,4-5,10H2,1-3H3,(H,26,33)/t11-/m0/s1. The molecule has 1 saturated carbocycles. The van der Waals surface area contributed by atoms with Crippen LogP contribution in [0.4, 0.5) is 13.2 Å². The maximum absolute atomic E-state index is 13.2. The Morgan fingerprint density at radius 1 is 1.29 bits per heavy atom. The molecular weight excluding hydrogens is 455 g/mol. The number of hydrogen-bond donors (Lipinski definition) is 1. The Bertz CT molecular complexity index is 1210. The average molecular weight is 477 g/mol. The van der Waals surface area contributed by atoms with E-state index in [4.69, 9.17) is 4.52 Å². The van der Waals surface area contributed by atoms with Crippen molar-refractivity contribution in [3.8, 4) is 11.4 Å². The minimum absolute atomic E-state index is 0.0691. The van der Waals surface area contributed by atoms with Crippen LogP contribution in [0.2, 0.25) is 0 Å². The Morgan fingerprint density at radius 3 is 2.68 bits per heavy atom. The zero-order valence-electron chi connectivity index (χ0n) is 18.6. The normalized spacial score (nSPS) is 14.6. The lowest BCUT2D eigenvalue weighted by atomic mass is 10.2. The van der Waals surface area contributed by atoms with Crippen molar-refractivity contribution in [2.45, 2.75) is 44.4 Å². The molecule has 0 aliphatic heterocycles. The van der Waals surface area contributed by atoms with Crippen LogP contribution in [0.3, 0.4) is 0 Å². The van der Waals surface area contributed by atoms with Crippen LogP contribution in [-0.2, 0) is 17.5 Å². The van der Waals surface area contributed by atoms with E-state index in [2.05, 4.69) is 25.5 Å². The summed E-state index contributed by atoms with van der Waals surface area (Å²) in [6, 6.07) is 3.40. The summed E-state index contributed by atoms with van der Waals surface area (Å²) in [5.74, 6) is -0.582. The second-order valence-corrected chi connectivity index (χ2v) is 8.25. The summed E-state index contributed by atoms with van der Waals surface area (Å²) < 4.78 is 45.5. The second-order valence-electron chi connectivity index (χ2n) is 8.25. The Balaban J connectivity index is 1.52. The third-order valence-corrected chi connectivity index (χ3v) is 5.28. The van der Waals surface area contributed by atoms with Gasteiger partial charge in [-0.15, -0.1) is 0 Å². The summed E-state index contributed by atoms with van der Waals surface area (Å²) in [7, 11) is 2.89. The lowest BCUT2D eigenvalue weighted by molar-refractivity contribution is -0.142. The van der Waals surface area contributed by atoms with Crippen molar-refractivity contribution in [1.29, 1.82) is 0 Å². The molecule has 0 unspecified atom stereocenters. The Kier molecular flexibility index (Phi) is 6.11. The minimum Gasteiger partial charge on any atom is -0.347 e. The molecule has 1 fully saturated rings. The highest BCUT2D eigenvalue weighted by Gasteiger charge is 2.36. The third-order valence-electron chi connectivity index (χ3n) is 5.28. The van der Waals surface area contributed by atoms with E-state index >= 15 is 0 Å². The highest BCUT2D eigenvalue weighted by molar-refractivity contribution is 5.93. The summed E-state index contributed by atoms with van der Waals surface area (Å²) >= 11 is 0. The molecule has 3 heterocycles. The van der Waals surface area contributed by atoms with Crippen molar-refractivity contribution in [3.05, 3.63) is 47.4 Å². The molecule has 3 aromatic heterocycles. The maximum atomic E-state index is 13.2. The molecule has 0 saturated heterocycles. The van der Waals surface area contributed by atoms with Gasteiger partial charge < -0.3 is 14.7 Å². The smallest absolute Gasteiger partial charge is 0.347 e. The van der Waals surface area contributed by atoms with Gasteiger partial charge >= 0.3 is 6.18 Å². The molecule has 1 aliphatic rings. The van der Waals surface area contributed by atoms with Gasteiger partial charge in [0.1, 0.15) is 18.3 Å². The number of halogens is 3. The lowest BCUT2D eigenvalue weighted by Crippen LogP contribution is -2.32. The highest BCUT2D eigenvalue weighted by atomic mass is 19.4. The van der Waals surface area contributed by atoms with Crippen LogP contribution in [0, 0.1) is 0 Å². The van der Waals surface area contributed by atoms with Gasteiger partial charge in [-0.1, -0.05) is 5.16 Å². The predicted octanol–water partition coefficient (Wildman–Crippen LogP) is 2.80. The fourth-order valence-corrected chi connectivity index (χ4v) is 3.18. The van der Waals surface area contributed by atoms with Crippen molar-refractivity contribution in [2.24, 2.45) is 0 Å². The molecule has 0 aromatic carbocycles. The van der Waals surface area contributed by atoms with Crippen LogP contribution in [-0.4, -0.2) is 55.7 Å². The Morgan fingerprint density at radius 2 is 2.03 bits per heavy atom. The highest BCUT2D eigenvalue weighted by Crippen LogP contribution is 2.39. The molecule has 0 spiro atoms. The summed E-state index contributed by atoms with van der Waals surface area (Å²) in [6.07, 6.45) is -0.940. The van der Waals surface area contributed by atoms with Crippen molar-refractivity contribution < 1.29 is 27.3 Å². The quantitative estimate of drug-likeness (QED) is 0.556. The van der Waals surface area contributed by atoms with E-state index in [-0.39, 0.29) is 5.89 Å². The number of rotatable bonds is 7. The van der Waals surface area contributed by atoms with E-state index in [0.717, 1.165) is 23.2 Å². The molecule has 1 aliphatic carbocycles. The van der Waals surface area contributed by atoms with E-state index in [1.54, 1.807) is 19.2 Å². The molecule has 1 N–H and O–H groups in total. The van der Waals surface area contributed by atoms with Crippen LogP contribution >= 0.6 is 0 Å². The number of pyridine rings is 1. The van der Waals surface area contributed by atoms with Gasteiger partial charge in [0.2, 0.25) is 17.6 Å². The van der Waals surface area contributed by atoms with Crippen LogP contribution in [0.5, 0.6) is 0 Å². The Labute approximate surface area is 192 Å². The first kappa shape index (κ1) is 23.4. The van der Waals surface area contributed by atoms with E-state index < -0.39 is 42.0 Å². The number of nitrogens with zero attached hydrogens (tertiary/aromatic N) is 6. The van der Waals surface area contributed by atoms with Crippen molar-refractivity contribution >= 4 is 11.8 Å². The van der Waals surface area contributed by atoms with E-state index in [9.17, 15) is 22.8 Å². The fraction of sp³-hybridized carbons (Fsp3) is 0.429. The molecule has 34 heavy (non-hydrogen) atoms. The van der Waals surface area contributed by atoms with Crippen molar-refractivity contribution in [1.82, 2.24) is 35.1 Å². The number of amides is 2. The van der Waals surface area contributed by atoms with Gasteiger partial charge in [-0.25, -0.2) is 4.68 Å². The molecule has 13 heteroatoms. The Hall–Kier alpha value is -3.77. The summed E-state index contributed by atoms with van der Waals surface area (Å²) in [6.45, 7) is 1.02. The van der Waals surface area contributed by atoms with Crippen LogP contribution in [0.25, 0.3) is 11.4 Å². The van der Waals surface area contributed by atoms with Crippen LogP contribution in [0.15, 0.2) is 28.9 Å². The molecule has 2 amide bonds. The molecular formula is C21H22F3N7O3. The maximum Gasteiger partial charge on any atom is 0.435 e. The third kappa shape index (κ3) is 5.07. The van der Waals surface area contributed by atoms with Gasteiger partial charge in [-0.3, -0.25) is 14.6 Å². The molecule has 3 aromatic rings. The summed E-state index contributed by atoms with van der Waals surface area (Å²) in [5.41, 5.74) is -0.0369. The summed E-state index contributed by atoms with van der Waals surface area (Å²) in [4.78, 5) is 34.6. The molecule has 0 bridgehead atoms. The fourth-order valence-electron chi connectivity index (χ4n) is 3.18. The molecule has 0 radical (unpaired) electrons. The molecule has 10 nitrogen and oxygen atoms in total. The van der Waals surface area contributed by atoms with Gasteiger partial charge in [-0.2, -0.15) is 23.3 Å². The number of carbonyl (C=O) groups is 2. The van der Waals surface area contributed by atoms with E-state index in [1.165, 1.54) is 19.0 Å². The van der Waals surface area contributed by atoms with Gasteiger partial charge in [0, 0.05) is 43.5 Å². The first-order valence-electron chi connectivity index (χ1n) is 10.5. The van der Waals surface area contributed by atoms with Gasteiger partial charge in [0.25, 0.3) is 5.91 Å². The van der Waals surface area contributed by atoms with E-state index in [0.29, 0.717) is 23.4 Å². The molecule has 180 valence electrons. The molecule has 4 rings (SSSR count). The average Bonchev–Trinajstić information content (AvgIpc) is 3.34. The number of likely N-dealkylation sites (N-methyl/N-ethyl adjacent to an activating group) is 1. The second kappa shape index (κ2) is 8.88. The number of nitrogens with one attached hydrogen (secondary N) is 1. The first-order chi connectivity index (χ1) is 16.0. The largest absolute Gasteiger partial charge is 0.435 e. The van der Waals surface area contributed by atoms with Crippen LogP contribution < -0.4 is 5.32 Å². The number of carbonyl (C=O) groups excluding carboxylic acids is 2. The topological polar surface area (TPSA) is 119 Å². The zero-order chi connectivity index (χ0) is 24.6. The van der Waals surface area contributed by atoms with Crippen LogP contribution in [0.1, 0.15) is 59.5 Å².